The second-order valence-corrected chi connectivity index (χ2v) is 6.98. The molecule has 0 aromatic rings. The quantitative estimate of drug-likeness (QED) is 0.673. The van der Waals surface area contributed by atoms with Gasteiger partial charge in [-0.25, -0.2) is 0 Å². The van der Waals surface area contributed by atoms with Crippen molar-refractivity contribution in [3.63, 3.8) is 0 Å². The highest BCUT2D eigenvalue weighted by atomic mass is 16.5. The van der Waals surface area contributed by atoms with Gasteiger partial charge in [0.2, 0.25) is 0 Å². The molecule has 0 bridgehead atoms. The number of nitrogens with one attached hydrogen (secondary N) is 1. The Balaban J connectivity index is 1.78. The van der Waals surface area contributed by atoms with Gasteiger partial charge in [0.05, 0.1) is 19.3 Å². The van der Waals surface area contributed by atoms with Gasteiger partial charge in [0.15, 0.2) is 0 Å². The zero-order chi connectivity index (χ0) is 15.0. The van der Waals surface area contributed by atoms with Gasteiger partial charge in [-0.3, -0.25) is 4.90 Å². The normalized spacial score (nSPS) is 24.9. The minimum Gasteiger partial charge on any atom is -0.393 e. The van der Waals surface area contributed by atoms with E-state index in [1.165, 1.54) is 38.6 Å². The molecule has 21 heavy (non-hydrogen) atoms. The van der Waals surface area contributed by atoms with Crippen LogP contribution in [-0.2, 0) is 4.74 Å². The van der Waals surface area contributed by atoms with E-state index in [1.54, 1.807) is 0 Å². The van der Waals surface area contributed by atoms with Crippen molar-refractivity contribution in [1.29, 1.82) is 0 Å². The van der Waals surface area contributed by atoms with E-state index < -0.39 is 0 Å². The monoisotopic (exact) mass is 298 g/mol. The molecule has 1 saturated carbocycles. The van der Waals surface area contributed by atoms with Crippen LogP contribution in [0, 0.1) is 5.41 Å². The molecule has 1 aliphatic heterocycles. The van der Waals surface area contributed by atoms with Gasteiger partial charge < -0.3 is 15.2 Å². The third-order valence-electron chi connectivity index (χ3n) is 5.20. The zero-order valence-corrected chi connectivity index (χ0v) is 13.8. The average Bonchev–Trinajstić information content (AvgIpc) is 2.53. The fraction of sp³-hybridized carbons (Fsp3) is 1.00. The third kappa shape index (κ3) is 5.85. The summed E-state index contributed by atoms with van der Waals surface area (Å²) in [5.74, 6) is 0. The predicted molar refractivity (Wildman–Crippen MR) is 86.6 cm³/mol. The highest BCUT2D eigenvalue weighted by Crippen LogP contribution is 2.36. The lowest BCUT2D eigenvalue weighted by Gasteiger charge is -2.42. The molecule has 1 unspecified atom stereocenters. The van der Waals surface area contributed by atoms with E-state index >= 15 is 0 Å². The first kappa shape index (κ1) is 17.2. The molecule has 0 aromatic carbocycles. The molecule has 2 N–H and O–H groups in total. The van der Waals surface area contributed by atoms with Gasteiger partial charge in [0.25, 0.3) is 0 Å². The van der Waals surface area contributed by atoms with Crippen molar-refractivity contribution < 1.29 is 9.84 Å². The molecule has 1 saturated heterocycles. The summed E-state index contributed by atoms with van der Waals surface area (Å²) in [7, 11) is 0. The van der Waals surface area contributed by atoms with E-state index in [0.717, 1.165) is 52.2 Å². The van der Waals surface area contributed by atoms with Crippen molar-refractivity contribution in [2.24, 2.45) is 5.41 Å². The Morgan fingerprint density at radius 1 is 1.19 bits per heavy atom. The number of hydrogen-bond donors (Lipinski definition) is 2. The van der Waals surface area contributed by atoms with Crippen molar-refractivity contribution in [2.75, 3.05) is 45.9 Å². The van der Waals surface area contributed by atoms with Crippen LogP contribution in [-0.4, -0.2) is 62.0 Å². The van der Waals surface area contributed by atoms with Gasteiger partial charge in [-0.05, 0) is 37.6 Å². The van der Waals surface area contributed by atoms with Crippen molar-refractivity contribution >= 4 is 0 Å². The van der Waals surface area contributed by atoms with Crippen LogP contribution in [0.3, 0.4) is 0 Å². The Hall–Kier alpha value is -0.160. The van der Waals surface area contributed by atoms with Gasteiger partial charge >= 0.3 is 0 Å². The molecule has 0 radical (unpaired) electrons. The fourth-order valence-corrected chi connectivity index (χ4v) is 3.75. The van der Waals surface area contributed by atoms with Gasteiger partial charge in [0.1, 0.15) is 0 Å². The van der Waals surface area contributed by atoms with Crippen LogP contribution in [0.4, 0.5) is 0 Å². The highest BCUT2D eigenvalue weighted by molar-refractivity contribution is 4.88. The number of rotatable bonds is 8. The number of nitrogens with zero attached hydrogens (tertiary/aromatic N) is 1. The van der Waals surface area contributed by atoms with E-state index in [-0.39, 0.29) is 6.10 Å². The van der Waals surface area contributed by atoms with E-state index in [4.69, 9.17) is 4.74 Å². The number of aliphatic hydroxyl groups excluding tert-OH is 1. The Morgan fingerprint density at radius 3 is 2.57 bits per heavy atom. The molecule has 0 aromatic heterocycles. The SMILES string of the molecule is CCC(O)CCNCC1(CN2CCOCC2)CCCCC1. The summed E-state index contributed by atoms with van der Waals surface area (Å²) in [5.41, 5.74) is 0.451. The van der Waals surface area contributed by atoms with Crippen LogP contribution in [0.5, 0.6) is 0 Å². The molecule has 2 fully saturated rings. The second-order valence-electron chi connectivity index (χ2n) is 6.98. The van der Waals surface area contributed by atoms with Crippen LogP contribution >= 0.6 is 0 Å². The molecular weight excluding hydrogens is 264 g/mol. The largest absolute Gasteiger partial charge is 0.393 e. The Kier molecular flexibility index (Phi) is 7.44. The standard InChI is InChI=1S/C17H34N2O2/c1-2-16(20)6-9-18-14-17(7-4-3-5-8-17)15-19-10-12-21-13-11-19/h16,18,20H,2-15H2,1H3. The summed E-state index contributed by atoms with van der Waals surface area (Å²) in [4.78, 5) is 2.59. The van der Waals surface area contributed by atoms with Gasteiger partial charge in [0, 0.05) is 26.2 Å². The molecule has 2 aliphatic rings. The van der Waals surface area contributed by atoms with Crippen molar-refractivity contribution in [3.8, 4) is 0 Å². The number of aliphatic hydroxyl groups is 1. The maximum atomic E-state index is 9.66. The van der Waals surface area contributed by atoms with E-state index in [9.17, 15) is 5.11 Å². The minimum atomic E-state index is -0.140. The molecule has 4 heteroatoms. The van der Waals surface area contributed by atoms with Gasteiger partial charge in [-0.15, -0.1) is 0 Å². The molecule has 1 atom stereocenters. The van der Waals surface area contributed by atoms with Crippen molar-refractivity contribution in [3.05, 3.63) is 0 Å². The Morgan fingerprint density at radius 2 is 1.90 bits per heavy atom. The number of ether oxygens (including phenoxy) is 1. The fourth-order valence-electron chi connectivity index (χ4n) is 3.75. The first-order valence-electron chi connectivity index (χ1n) is 8.93. The van der Waals surface area contributed by atoms with Crippen LogP contribution in [0.15, 0.2) is 0 Å². The van der Waals surface area contributed by atoms with Crippen molar-refractivity contribution in [1.82, 2.24) is 10.2 Å². The lowest BCUT2D eigenvalue weighted by Crippen LogP contribution is -2.48. The summed E-state index contributed by atoms with van der Waals surface area (Å²) < 4.78 is 5.47. The number of morpholine rings is 1. The molecule has 0 spiro atoms. The zero-order valence-electron chi connectivity index (χ0n) is 13.8. The molecule has 124 valence electrons. The van der Waals surface area contributed by atoms with E-state index in [1.807, 2.05) is 6.92 Å². The lowest BCUT2D eigenvalue weighted by molar-refractivity contribution is 0.00703. The van der Waals surface area contributed by atoms with Crippen LogP contribution in [0.1, 0.15) is 51.9 Å². The first-order chi connectivity index (χ1) is 10.2. The molecule has 1 heterocycles. The Bertz CT molecular complexity index is 274. The summed E-state index contributed by atoms with van der Waals surface area (Å²) in [6.45, 7) is 9.30. The maximum absolute atomic E-state index is 9.66. The van der Waals surface area contributed by atoms with E-state index in [0.29, 0.717) is 5.41 Å². The highest BCUT2D eigenvalue weighted by Gasteiger charge is 2.33. The molecule has 0 amide bonds. The van der Waals surface area contributed by atoms with Crippen LogP contribution in [0.25, 0.3) is 0 Å². The lowest BCUT2D eigenvalue weighted by atomic mass is 9.73. The van der Waals surface area contributed by atoms with Crippen LogP contribution in [0.2, 0.25) is 0 Å². The first-order valence-corrected chi connectivity index (χ1v) is 8.93. The summed E-state index contributed by atoms with van der Waals surface area (Å²) >= 11 is 0. The van der Waals surface area contributed by atoms with Gasteiger partial charge in [-0.1, -0.05) is 26.2 Å². The molecular formula is C17H34N2O2. The Labute approximate surface area is 130 Å². The molecule has 4 nitrogen and oxygen atoms in total. The summed E-state index contributed by atoms with van der Waals surface area (Å²) in [6.07, 6.45) is 8.47. The van der Waals surface area contributed by atoms with E-state index in [2.05, 4.69) is 10.2 Å². The average molecular weight is 298 g/mol. The third-order valence-corrected chi connectivity index (χ3v) is 5.20. The second kappa shape index (κ2) is 9.09. The molecule has 1 aliphatic carbocycles. The minimum absolute atomic E-state index is 0.140. The summed E-state index contributed by atoms with van der Waals surface area (Å²) in [5, 5.41) is 13.3. The van der Waals surface area contributed by atoms with Gasteiger partial charge in [-0.2, -0.15) is 0 Å². The molecule has 2 rings (SSSR count). The number of hydrogen-bond acceptors (Lipinski definition) is 4. The maximum Gasteiger partial charge on any atom is 0.0594 e. The topological polar surface area (TPSA) is 44.7 Å². The van der Waals surface area contributed by atoms with Crippen LogP contribution < -0.4 is 5.32 Å². The smallest absolute Gasteiger partial charge is 0.0594 e. The van der Waals surface area contributed by atoms with Crippen molar-refractivity contribution in [2.45, 2.75) is 58.0 Å². The summed E-state index contributed by atoms with van der Waals surface area (Å²) in [6, 6.07) is 0. The predicted octanol–water partition coefficient (Wildman–Crippen LogP) is 2.02.